The fourth-order valence-electron chi connectivity index (χ4n) is 2.80. The molecule has 0 fully saturated rings. The molecule has 0 spiro atoms. The van der Waals surface area contributed by atoms with Gasteiger partial charge in [-0.1, -0.05) is 67.9 Å². The first-order valence-electron chi connectivity index (χ1n) is 11.0. The molecule has 0 amide bonds. The minimum absolute atomic E-state index is 0. The van der Waals surface area contributed by atoms with Crippen LogP contribution in [0.3, 0.4) is 0 Å². The van der Waals surface area contributed by atoms with E-state index in [2.05, 4.69) is 11.7 Å². The van der Waals surface area contributed by atoms with Crippen LogP contribution in [0.5, 0.6) is 0 Å². The Morgan fingerprint density at radius 1 is 0.750 bits per heavy atom. The lowest BCUT2D eigenvalue weighted by molar-refractivity contribution is 0.0686. The van der Waals surface area contributed by atoms with E-state index in [1.807, 2.05) is 42.5 Å². The van der Waals surface area contributed by atoms with Crippen molar-refractivity contribution >= 4 is 41.4 Å². The number of hydrogen-bond donors (Lipinski definition) is 3. The van der Waals surface area contributed by atoms with Gasteiger partial charge in [0, 0.05) is 11.6 Å². The highest BCUT2D eigenvalue weighted by Crippen LogP contribution is 2.06. The molecule has 9 heteroatoms. The highest BCUT2D eigenvalue weighted by Gasteiger charge is 2.01. The van der Waals surface area contributed by atoms with Crippen LogP contribution < -0.4 is 5.73 Å². The lowest BCUT2D eigenvalue weighted by atomic mass is 10.1. The van der Waals surface area contributed by atoms with E-state index in [0.717, 1.165) is 30.4 Å². The van der Waals surface area contributed by atoms with Crippen LogP contribution in [-0.4, -0.2) is 34.1 Å². The van der Waals surface area contributed by atoms with E-state index < -0.39 is 17.4 Å². The Morgan fingerprint density at radius 2 is 1.19 bits per heavy atom. The maximum atomic E-state index is 10.5. The summed E-state index contributed by atoms with van der Waals surface area (Å²) in [5.74, 6) is -1.76. The van der Waals surface area contributed by atoms with Crippen LogP contribution in [-0.2, 0) is 24.2 Å². The molecule has 0 aliphatic rings. The fraction of sp³-hybridized carbons (Fsp3) is 0.222. The number of aromatic carboxylic acids is 2. The summed E-state index contributed by atoms with van der Waals surface area (Å²) in [7, 11) is 0. The maximum Gasteiger partial charge on any atom is 0.404 e. The molecule has 0 atom stereocenters. The summed E-state index contributed by atoms with van der Waals surface area (Å²) in [4.78, 5) is 31.1. The number of carbonyl (C=O) groups excluding carboxylic acids is 1. The molecule has 0 heterocycles. The first-order valence-corrected chi connectivity index (χ1v) is 11.3. The fourth-order valence-corrected chi connectivity index (χ4v) is 2.85. The Labute approximate surface area is 222 Å². The molecule has 0 radical (unpaired) electrons. The quantitative estimate of drug-likeness (QED) is 0.292. The average molecular weight is 536 g/mol. The van der Waals surface area contributed by atoms with Crippen molar-refractivity contribution in [1.82, 2.24) is 0 Å². The van der Waals surface area contributed by atoms with Gasteiger partial charge in [0.05, 0.1) is 11.1 Å². The molecule has 36 heavy (non-hydrogen) atoms. The molecule has 0 bridgehead atoms. The number of carbonyl (C=O) groups is 3. The van der Waals surface area contributed by atoms with Crippen LogP contribution >= 0.6 is 24.0 Å². The lowest BCUT2D eigenvalue weighted by Gasteiger charge is -1.98. The number of hydrogen-bond acceptors (Lipinski definition) is 5. The first kappa shape index (κ1) is 32.6. The number of ether oxygens (including phenoxy) is 1. The molecule has 0 unspecified atom stereocenters. The SMILES string of the molecule is CCCc1ccc(C(=O)O)cc1.Cl.NCCc1ccc(C(=O)O)cc1.O=C(Cl)OCc1ccccc1. The van der Waals surface area contributed by atoms with Gasteiger partial charge in [0.25, 0.3) is 0 Å². The first-order chi connectivity index (χ1) is 16.8. The van der Waals surface area contributed by atoms with Crippen molar-refractivity contribution < 1.29 is 29.3 Å². The second kappa shape index (κ2) is 18.9. The standard InChI is InChI=1S/C10H12O2.C9H11NO2.C8H7ClO2.ClH/c1-2-3-8-4-6-9(7-5-8)10(11)12;10-6-5-7-1-3-8(4-2-7)9(11)12;9-8(10)11-6-7-4-2-1-3-5-7;/h4-7H,2-3H2,1H3,(H,11,12);1-4H,5-6,10H2,(H,11,12);1-5H,6H2;1H. The topological polar surface area (TPSA) is 127 Å². The Kier molecular flexibility index (Phi) is 17.1. The van der Waals surface area contributed by atoms with Gasteiger partial charge < -0.3 is 20.7 Å². The summed E-state index contributed by atoms with van der Waals surface area (Å²) in [6.07, 6.45) is 2.90. The Morgan fingerprint density at radius 3 is 1.56 bits per heavy atom. The Balaban J connectivity index is 0.000000504. The summed E-state index contributed by atoms with van der Waals surface area (Å²) in [6, 6.07) is 23.1. The van der Waals surface area contributed by atoms with Crippen molar-refractivity contribution in [2.45, 2.75) is 32.8 Å². The van der Waals surface area contributed by atoms with Crippen LogP contribution in [0.25, 0.3) is 0 Å². The normalized spacial score (nSPS) is 9.31. The second-order valence-electron chi connectivity index (χ2n) is 7.30. The molecule has 3 rings (SSSR count). The van der Waals surface area contributed by atoms with Gasteiger partial charge in [-0.3, -0.25) is 0 Å². The molecule has 0 aliphatic heterocycles. The van der Waals surface area contributed by atoms with Gasteiger partial charge in [-0.15, -0.1) is 12.4 Å². The number of benzene rings is 3. The number of aryl methyl sites for hydroxylation is 1. The second-order valence-corrected chi connectivity index (χ2v) is 7.61. The predicted octanol–water partition coefficient (Wildman–Crippen LogP) is 6.21. The van der Waals surface area contributed by atoms with Gasteiger partial charge in [-0.05, 0) is 60.3 Å². The van der Waals surface area contributed by atoms with E-state index in [4.69, 9.17) is 27.5 Å². The molecule has 7 nitrogen and oxygen atoms in total. The van der Waals surface area contributed by atoms with Crippen molar-refractivity contribution in [3.63, 3.8) is 0 Å². The predicted molar refractivity (Wildman–Crippen MR) is 143 cm³/mol. The Bertz CT molecular complexity index is 983. The maximum absolute atomic E-state index is 10.5. The van der Waals surface area contributed by atoms with E-state index in [1.165, 1.54) is 5.56 Å². The van der Waals surface area contributed by atoms with E-state index in [-0.39, 0.29) is 19.0 Å². The van der Waals surface area contributed by atoms with Crippen LogP contribution in [0.15, 0.2) is 78.9 Å². The summed E-state index contributed by atoms with van der Waals surface area (Å²) in [6.45, 7) is 2.93. The molecular formula is C27H31Cl2NO6. The molecule has 0 saturated carbocycles. The van der Waals surface area contributed by atoms with E-state index in [1.54, 1.807) is 36.4 Å². The van der Waals surface area contributed by atoms with Crippen LogP contribution in [0.1, 0.15) is 50.8 Å². The zero-order valence-electron chi connectivity index (χ0n) is 19.9. The minimum atomic E-state index is -0.894. The van der Waals surface area contributed by atoms with Crippen LogP contribution in [0, 0.1) is 0 Å². The summed E-state index contributed by atoms with van der Waals surface area (Å²) < 4.78 is 4.55. The molecule has 0 aliphatic carbocycles. The summed E-state index contributed by atoms with van der Waals surface area (Å²) >= 11 is 4.97. The molecule has 194 valence electrons. The minimum Gasteiger partial charge on any atom is -0.478 e. The summed E-state index contributed by atoms with van der Waals surface area (Å²) in [5.41, 5.74) is 8.44. The third-order valence-electron chi connectivity index (χ3n) is 4.57. The highest BCUT2D eigenvalue weighted by atomic mass is 35.5. The monoisotopic (exact) mass is 535 g/mol. The molecule has 3 aromatic rings. The van der Waals surface area contributed by atoms with Gasteiger partial charge >= 0.3 is 17.4 Å². The third-order valence-corrected chi connectivity index (χ3v) is 4.68. The van der Waals surface area contributed by atoms with Gasteiger partial charge in [-0.25, -0.2) is 14.4 Å². The highest BCUT2D eigenvalue weighted by molar-refractivity contribution is 6.61. The van der Waals surface area contributed by atoms with Crippen molar-refractivity contribution in [3.05, 3.63) is 107 Å². The molecule has 3 aromatic carbocycles. The molecular weight excluding hydrogens is 505 g/mol. The zero-order valence-corrected chi connectivity index (χ0v) is 21.5. The molecule has 4 N–H and O–H groups in total. The van der Waals surface area contributed by atoms with Crippen LogP contribution in [0.4, 0.5) is 4.79 Å². The van der Waals surface area contributed by atoms with Gasteiger partial charge in [0.1, 0.15) is 6.61 Å². The molecule has 0 aromatic heterocycles. The summed E-state index contributed by atoms with van der Waals surface area (Å²) in [5, 5.41) is 17.2. The van der Waals surface area contributed by atoms with Crippen molar-refractivity contribution in [1.29, 1.82) is 0 Å². The Hall–Kier alpha value is -3.39. The van der Waals surface area contributed by atoms with Gasteiger partial charge in [0.15, 0.2) is 0 Å². The smallest absolute Gasteiger partial charge is 0.404 e. The number of nitrogens with two attached hydrogens (primary N) is 1. The molecule has 0 saturated heterocycles. The van der Waals surface area contributed by atoms with Crippen molar-refractivity contribution in [3.8, 4) is 0 Å². The van der Waals surface area contributed by atoms with E-state index >= 15 is 0 Å². The third kappa shape index (κ3) is 14.1. The zero-order chi connectivity index (χ0) is 26.1. The van der Waals surface area contributed by atoms with Crippen molar-refractivity contribution in [2.24, 2.45) is 5.73 Å². The number of carboxylic acids is 2. The lowest BCUT2D eigenvalue weighted by Crippen LogP contribution is -2.03. The van der Waals surface area contributed by atoms with Gasteiger partial charge in [-0.2, -0.15) is 0 Å². The number of carboxylic acid groups (broad SMARTS) is 2. The van der Waals surface area contributed by atoms with Crippen molar-refractivity contribution in [2.75, 3.05) is 6.54 Å². The van der Waals surface area contributed by atoms with Gasteiger partial charge in [0.2, 0.25) is 0 Å². The number of rotatable bonds is 8. The number of halogens is 2. The van der Waals surface area contributed by atoms with E-state index in [9.17, 15) is 14.4 Å². The largest absolute Gasteiger partial charge is 0.478 e. The average Bonchev–Trinajstić information content (AvgIpc) is 2.85. The van der Waals surface area contributed by atoms with Crippen LogP contribution in [0.2, 0.25) is 0 Å². The van der Waals surface area contributed by atoms with E-state index in [0.29, 0.717) is 17.7 Å².